The van der Waals surface area contributed by atoms with E-state index in [1.165, 1.54) is 0 Å². The van der Waals surface area contributed by atoms with Crippen LogP contribution in [0.4, 0.5) is 0 Å². The zero-order valence-electron chi connectivity index (χ0n) is 8.48. The summed E-state index contributed by atoms with van der Waals surface area (Å²) in [6.45, 7) is 1.85. The molecule has 1 aromatic carbocycles. The van der Waals surface area contributed by atoms with E-state index >= 15 is 0 Å². The molecule has 0 saturated carbocycles. The molecule has 0 aliphatic carbocycles. The Hall–Kier alpha value is -0.390. The quantitative estimate of drug-likeness (QED) is 0.842. The normalized spacial score (nSPS) is 13.7. The molecule has 84 valence electrons. The topological polar surface area (TPSA) is 46.2 Å². The Balaban J connectivity index is 2.54. The first-order valence-corrected chi connectivity index (χ1v) is 7.41. The molecule has 0 radical (unpaired) electrons. The Morgan fingerprint density at radius 3 is 2.47 bits per heavy atom. The third-order valence-electron chi connectivity index (χ3n) is 1.91. The molecule has 0 saturated heterocycles. The number of alkyl halides is 1. The van der Waals surface area contributed by atoms with Crippen molar-refractivity contribution in [2.45, 2.75) is 19.4 Å². The average Bonchev–Trinajstić information content (AvgIpc) is 2.18. The fraction of sp³-hybridized carbons (Fsp3) is 0.400. The van der Waals surface area contributed by atoms with Crippen molar-refractivity contribution in [3.05, 3.63) is 35.9 Å². The number of halogens is 1. The standard InChI is InChI=1S/C10H14BrNO2S/c1-9(12-15(13,14)8-11)7-10-5-3-2-4-6-10/h2-6,9,12H,7-8H2,1H3. The van der Waals surface area contributed by atoms with Crippen molar-refractivity contribution in [3.63, 3.8) is 0 Å². The van der Waals surface area contributed by atoms with Crippen LogP contribution in [-0.4, -0.2) is 19.1 Å². The van der Waals surface area contributed by atoms with E-state index in [9.17, 15) is 8.42 Å². The van der Waals surface area contributed by atoms with Crippen LogP contribution in [0, 0.1) is 0 Å². The lowest BCUT2D eigenvalue weighted by molar-refractivity contribution is 0.565. The zero-order valence-corrected chi connectivity index (χ0v) is 10.9. The van der Waals surface area contributed by atoms with Crippen molar-refractivity contribution in [2.24, 2.45) is 0 Å². The molecule has 1 unspecified atom stereocenters. The van der Waals surface area contributed by atoms with Gasteiger partial charge < -0.3 is 0 Å². The molecule has 0 spiro atoms. The largest absolute Gasteiger partial charge is 0.221 e. The third-order valence-corrected chi connectivity index (χ3v) is 4.77. The summed E-state index contributed by atoms with van der Waals surface area (Å²) in [5.41, 5.74) is 1.13. The molecule has 3 nitrogen and oxygen atoms in total. The lowest BCUT2D eigenvalue weighted by Gasteiger charge is -2.12. The first kappa shape index (κ1) is 12.7. The van der Waals surface area contributed by atoms with Crippen molar-refractivity contribution in [3.8, 4) is 0 Å². The summed E-state index contributed by atoms with van der Waals surface area (Å²) in [4.78, 5) is 0. The number of hydrogen-bond donors (Lipinski definition) is 1. The van der Waals surface area contributed by atoms with Gasteiger partial charge in [0, 0.05) is 6.04 Å². The van der Waals surface area contributed by atoms with Crippen molar-refractivity contribution < 1.29 is 8.42 Å². The van der Waals surface area contributed by atoms with Gasteiger partial charge in [-0.05, 0) is 18.9 Å². The van der Waals surface area contributed by atoms with Crippen molar-refractivity contribution in [1.29, 1.82) is 0 Å². The fourth-order valence-electron chi connectivity index (χ4n) is 1.35. The lowest BCUT2D eigenvalue weighted by Crippen LogP contribution is -2.34. The molecule has 1 atom stereocenters. The van der Waals surface area contributed by atoms with Crippen molar-refractivity contribution >= 4 is 26.0 Å². The van der Waals surface area contributed by atoms with Crippen LogP contribution in [0.1, 0.15) is 12.5 Å². The molecular formula is C10H14BrNO2S. The second-order valence-electron chi connectivity index (χ2n) is 3.43. The summed E-state index contributed by atoms with van der Waals surface area (Å²) in [7, 11) is -3.17. The molecule has 0 fully saturated rings. The van der Waals surface area contributed by atoms with Gasteiger partial charge in [-0.1, -0.05) is 46.3 Å². The average molecular weight is 292 g/mol. The highest BCUT2D eigenvalue weighted by Gasteiger charge is 2.12. The minimum atomic E-state index is -3.17. The second kappa shape index (κ2) is 5.63. The Bertz CT molecular complexity index is 391. The molecule has 0 aliphatic heterocycles. The van der Waals surface area contributed by atoms with Crippen molar-refractivity contribution in [2.75, 3.05) is 4.66 Å². The number of nitrogens with one attached hydrogen (secondary N) is 1. The summed E-state index contributed by atoms with van der Waals surface area (Å²) in [5, 5.41) is 0. The summed E-state index contributed by atoms with van der Waals surface area (Å²) in [6, 6.07) is 9.71. The monoisotopic (exact) mass is 291 g/mol. The molecule has 1 N–H and O–H groups in total. The molecule has 0 heterocycles. The van der Waals surface area contributed by atoms with Crippen LogP contribution < -0.4 is 4.72 Å². The van der Waals surface area contributed by atoms with E-state index in [1.807, 2.05) is 37.3 Å². The van der Waals surface area contributed by atoms with Gasteiger partial charge in [0.05, 0.1) is 0 Å². The van der Waals surface area contributed by atoms with Crippen LogP contribution in [0.25, 0.3) is 0 Å². The highest BCUT2D eigenvalue weighted by Crippen LogP contribution is 2.04. The van der Waals surface area contributed by atoms with Crippen LogP contribution in [0.2, 0.25) is 0 Å². The van der Waals surface area contributed by atoms with Gasteiger partial charge in [-0.3, -0.25) is 0 Å². The first-order valence-electron chi connectivity index (χ1n) is 4.63. The fourth-order valence-corrected chi connectivity index (χ4v) is 2.50. The van der Waals surface area contributed by atoms with Gasteiger partial charge in [0.1, 0.15) is 4.66 Å². The highest BCUT2D eigenvalue weighted by atomic mass is 79.9. The van der Waals surface area contributed by atoms with E-state index < -0.39 is 10.0 Å². The van der Waals surface area contributed by atoms with Gasteiger partial charge in [-0.15, -0.1) is 0 Å². The predicted molar refractivity (Wildman–Crippen MR) is 65.5 cm³/mol. The molecule has 0 aliphatic rings. The van der Waals surface area contributed by atoms with Gasteiger partial charge >= 0.3 is 0 Å². The van der Waals surface area contributed by atoms with E-state index in [4.69, 9.17) is 0 Å². The first-order chi connectivity index (χ1) is 7.03. The smallest absolute Gasteiger partial charge is 0.212 e. The third kappa shape index (κ3) is 4.77. The zero-order chi connectivity index (χ0) is 11.3. The highest BCUT2D eigenvalue weighted by molar-refractivity contribution is 9.10. The molecule has 1 aromatic rings. The Labute approximate surface area is 99.1 Å². The van der Waals surface area contributed by atoms with E-state index in [0.717, 1.165) is 5.56 Å². The lowest BCUT2D eigenvalue weighted by atomic mass is 10.1. The van der Waals surface area contributed by atoms with Gasteiger partial charge in [0.25, 0.3) is 0 Å². The number of hydrogen-bond acceptors (Lipinski definition) is 2. The van der Waals surface area contributed by atoms with Crippen LogP contribution in [0.3, 0.4) is 0 Å². The van der Waals surface area contributed by atoms with Crippen LogP contribution in [-0.2, 0) is 16.4 Å². The minimum absolute atomic E-state index is 0.0564. The maximum absolute atomic E-state index is 11.2. The van der Waals surface area contributed by atoms with Crippen molar-refractivity contribution in [1.82, 2.24) is 4.72 Å². The molecule has 0 bridgehead atoms. The van der Waals surface area contributed by atoms with Crippen LogP contribution >= 0.6 is 15.9 Å². The summed E-state index contributed by atoms with van der Waals surface area (Å²) in [6.07, 6.45) is 0.701. The van der Waals surface area contributed by atoms with Gasteiger partial charge in [0.2, 0.25) is 10.0 Å². The van der Waals surface area contributed by atoms with Gasteiger partial charge in [-0.2, -0.15) is 0 Å². The second-order valence-corrected chi connectivity index (χ2v) is 6.49. The van der Waals surface area contributed by atoms with E-state index in [1.54, 1.807) is 0 Å². The predicted octanol–water partition coefficient (Wildman–Crippen LogP) is 1.89. The van der Waals surface area contributed by atoms with Crippen LogP contribution in [0.5, 0.6) is 0 Å². The molecule has 0 aromatic heterocycles. The van der Waals surface area contributed by atoms with E-state index in [0.29, 0.717) is 6.42 Å². The molecular weight excluding hydrogens is 278 g/mol. The van der Waals surface area contributed by atoms with Gasteiger partial charge in [-0.25, -0.2) is 13.1 Å². The maximum atomic E-state index is 11.2. The SMILES string of the molecule is CC(Cc1ccccc1)NS(=O)(=O)CBr. The molecule has 15 heavy (non-hydrogen) atoms. The Kier molecular flexibility index (Phi) is 4.76. The number of benzene rings is 1. The maximum Gasteiger partial charge on any atom is 0.221 e. The molecule has 5 heteroatoms. The van der Waals surface area contributed by atoms with Gasteiger partial charge in [0.15, 0.2) is 0 Å². The summed E-state index contributed by atoms with van der Waals surface area (Å²) < 4.78 is 25.0. The van der Waals surface area contributed by atoms with E-state index in [-0.39, 0.29) is 10.7 Å². The Morgan fingerprint density at radius 1 is 1.33 bits per heavy atom. The Morgan fingerprint density at radius 2 is 1.93 bits per heavy atom. The number of sulfonamides is 1. The minimum Gasteiger partial charge on any atom is -0.212 e. The molecule has 1 rings (SSSR count). The summed E-state index contributed by atoms with van der Waals surface area (Å²) in [5.74, 6) is 0. The molecule has 0 amide bonds. The summed E-state index contributed by atoms with van der Waals surface area (Å²) >= 11 is 2.93. The number of rotatable bonds is 5. The van der Waals surface area contributed by atoms with E-state index in [2.05, 4.69) is 20.7 Å². The van der Waals surface area contributed by atoms with Crippen LogP contribution in [0.15, 0.2) is 30.3 Å².